The molecule has 24 heavy (non-hydrogen) atoms. The summed E-state index contributed by atoms with van der Waals surface area (Å²) < 4.78 is 8.71. The van der Waals surface area contributed by atoms with Gasteiger partial charge in [-0.15, -0.1) is 0 Å². The summed E-state index contributed by atoms with van der Waals surface area (Å²) in [5, 5.41) is 16.1. The summed E-state index contributed by atoms with van der Waals surface area (Å²) in [7, 11) is 3.81. The van der Waals surface area contributed by atoms with Crippen LogP contribution in [0, 0.1) is 5.41 Å². The average molecular weight is 333 g/mol. The average Bonchev–Trinajstić information content (AvgIpc) is 3.12. The molecule has 2 heterocycles. The highest BCUT2D eigenvalue weighted by Crippen LogP contribution is 2.43. The third-order valence-electron chi connectivity index (χ3n) is 4.50. The topological polar surface area (TPSA) is 91.0 Å². The van der Waals surface area contributed by atoms with Gasteiger partial charge in [0.1, 0.15) is 0 Å². The van der Waals surface area contributed by atoms with Crippen LogP contribution in [0.15, 0.2) is 12.4 Å². The normalized spacial score (nSPS) is 15.8. The van der Waals surface area contributed by atoms with Crippen molar-refractivity contribution in [3.05, 3.63) is 18.0 Å². The van der Waals surface area contributed by atoms with Crippen molar-refractivity contribution < 1.29 is 9.53 Å². The zero-order chi connectivity index (χ0) is 17.2. The van der Waals surface area contributed by atoms with Gasteiger partial charge in [-0.3, -0.25) is 9.48 Å². The Morgan fingerprint density at radius 3 is 2.83 bits per heavy atom. The molecule has 0 unspecified atom stereocenters. The van der Waals surface area contributed by atoms with Gasteiger partial charge in [0, 0.05) is 32.4 Å². The van der Waals surface area contributed by atoms with Gasteiger partial charge in [0.15, 0.2) is 0 Å². The van der Waals surface area contributed by atoms with E-state index in [9.17, 15) is 4.79 Å². The summed E-state index contributed by atoms with van der Waals surface area (Å²) in [6, 6.07) is 0. The van der Waals surface area contributed by atoms with Crippen LogP contribution in [-0.4, -0.2) is 49.6 Å². The Kier molecular flexibility index (Phi) is 4.50. The second-order valence-electron chi connectivity index (χ2n) is 6.37. The summed E-state index contributed by atoms with van der Waals surface area (Å²) in [5.41, 5.74) is 0.577. The minimum atomic E-state index is -0.491. The first-order valence-electron chi connectivity index (χ1n) is 8.16. The Labute approximate surface area is 140 Å². The molecule has 9 nitrogen and oxygen atoms in total. The molecule has 0 radical (unpaired) electrons. The van der Waals surface area contributed by atoms with Gasteiger partial charge < -0.3 is 9.64 Å². The predicted octanol–water partition coefficient (Wildman–Crippen LogP) is 0.776. The third kappa shape index (κ3) is 3.10. The molecule has 1 fully saturated rings. The minimum Gasteiger partial charge on any atom is -0.466 e. The highest BCUT2D eigenvalue weighted by Gasteiger charge is 2.46. The van der Waals surface area contributed by atoms with Crippen molar-refractivity contribution in [2.75, 3.05) is 18.6 Å². The number of hydrogen-bond donors (Lipinski definition) is 0. The molecule has 0 saturated heterocycles. The van der Waals surface area contributed by atoms with Crippen LogP contribution in [0.3, 0.4) is 0 Å². The van der Waals surface area contributed by atoms with Gasteiger partial charge in [-0.05, 0) is 30.2 Å². The van der Waals surface area contributed by atoms with Gasteiger partial charge >= 0.3 is 5.97 Å². The van der Waals surface area contributed by atoms with E-state index in [0.717, 1.165) is 24.8 Å². The van der Waals surface area contributed by atoms with Crippen LogP contribution in [0.25, 0.3) is 0 Å². The summed E-state index contributed by atoms with van der Waals surface area (Å²) >= 11 is 0. The summed E-state index contributed by atoms with van der Waals surface area (Å²) in [4.78, 5) is 14.3. The molecule has 2 aromatic heterocycles. The van der Waals surface area contributed by atoms with E-state index in [0.29, 0.717) is 25.6 Å². The SMILES string of the molecule is CCOC(=O)C1(Cn2nnnc2N(C)Cc2cnn(C)c2)CCC1. The number of rotatable bonds is 7. The highest BCUT2D eigenvalue weighted by molar-refractivity contribution is 5.77. The molecular weight excluding hydrogens is 310 g/mol. The van der Waals surface area contributed by atoms with Crippen molar-refractivity contribution in [2.45, 2.75) is 39.3 Å². The maximum absolute atomic E-state index is 12.3. The standard InChI is InChI=1S/C15H23N7O2/c1-4-24-13(23)15(6-5-7-15)11-22-14(17-18-19-22)20(2)9-12-8-16-21(3)10-12/h8,10H,4-7,9,11H2,1-3H3. The number of aromatic nitrogens is 6. The van der Waals surface area contributed by atoms with Crippen LogP contribution in [0.4, 0.5) is 5.95 Å². The lowest BCUT2D eigenvalue weighted by Gasteiger charge is -2.39. The molecule has 130 valence electrons. The number of hydrogen-bond acceptors (Lipinski definition) is 7. The molecule has 2 aromatic rings. The second-order valence-corrected chi connectivity index (χ2v) is 6.37. The lowest BCUT2D eigenvalue weighted by atomic mass is 9.68. The Balaban J connectivity index is 1.73. The van der Waals surface area contributed by atoms with Gasteiger partial charge in [0.25, 0.3) is 0 Å². The molecule has 0 spiro atoms. The van der Waals surface area contributed by atoms with Crippen LogP contribution < -0.4 is 4.90 Å². The Bertz CT molecular complexity index is 704. The fraction of sp³-hybridized carbons (Fsp3) is 0.667. The lowest BCUT2D eigenvalue weighted by molar-refractivity contribution is -0.162. The number of nitrogens with zero attached hydrogens (tertiary/aromatic N) is 7. The number of tetrazole rings is 1. The molecule has 0 aliphatic heterocycles. The van der Waals surface area contributed by atoms with Crippen molar-refractivity contribution in [3.63, 3.8) is 0 Å². The van der Waals surface area contributed by atoms with Crippen LogP contribution in [0.1, 0.15) is 31.7 Å². The molecular formula is C15H23N7O2. The van der Waals surface area contributed by atoms with Crippen LogP contribution in [-0.2, 0) is 29.7 Å². The summed E-state index contributed by atoms with van der Waals surface area (Å²) in [6.45, 7) is 3.31. The smallest absolute Gasteiger partial charge is 0.313 e. The minimum absolute atomic E-state index is 0.146. The van der Waals surface area contributed by atoms with Gasteiger partial charge in [-0.1, -0.05) is 11.5 Å². The summed E-state index contributed by atoms with van der Waals surface area (Å²) in [5.74, 6) is 0.488. The third-order valence-corrected chi connectivity index (χ3v) is 4.50. The maximum atomic E-state index is 12.3. The molecule has 0 aromatic carbocycles. The fourth-order valence-corrected chi connectivity index (χ4v) is 3.07. The largest absolute Gasteiger partial charge is 0.466 e. The van der Waals surface area contributed by atoms with Crippen molar-refractivity contribution in [1.29, 1.82) is 0 Å². The van der Waals surface area contributed by atoms with Crippen LogP contribution >= 0.6 is 0 Å². The van der Waals surface area contributed by atoms with Crippen LogP contribution in [0.2, 0.25) is 0 Å². The van der Waals surface area contributed by atoms with Gasteiger partial charge in [-0.2, -0.15) is 5.10 Å². The Morgan fingerprint density at radius 1 is 1.46 bits per heavy atom. The molecule has 0 atom stereocenters. The fourth-order valence-electron chi connectivity index (χ4n) is 3.07. The van der Waals surface area contributed by atoms with E-state index in [-0.39, 0.29) is 5.97 Å². The van der Waals surface area contributed by atoms with Crippen molar-refractivity contribution in [1.82, 2.24) is 30.0 Å². The molecule has 0 N–H and O–H groups in total. The van der Waals surface area contributed by atoms with E-state index in [1.54, 1.807) is 9.36 Å². The van der Waals surface area contributed by atoms with E-state index in [2.05, 4.69) is 20.6 Å². The molecule has 3 rings (SSSR count). The predicted molar refractivity (Wildman–Crippen MR) is 86.0 cm³/mol. The number of ether oxygens (including phenoxy) is 1. The second kappa shape index (κ2) is 6.58. The van der Waals surface area contributed by atoms with Gasteiger partial charge in [0.2, 0.25) is 5.95 Å². The van der Waals surface area contributed by atoms with E-state index < -0.39 is 5.41 Å². The van der Waals surface area contributed by atoms with E-state index >= 15 is 0 Å². The summed E-state index contributed by atoms with van der Waals surface area (Å²) in [6.07, 6.45) is 6.43. The maximum Gasteiger partial charge on any atom is 0.313 e. The Morgan fingerprint density at radius 2 is 2.25 bits per heavy atom. The molecule has 1 aliphatic carbocycles. The zero-order valence-corrected chi connectivity index (χ0v) is 14.3. The number of carbonyl (C=O) groups excluding carboxylic acids is 1. The number of aryl methyl sites for hydroxylation is 1. The first kappa shape index (κ1) is 16.4. The zero-order valence-electron chi connectivity index (χ0n) is 14.3. The molecule has 1 aliphatic rings. The van der Waals surface area contributed by atoms with Gasteiger partial charge in [0.05, 0.1) is 24.8 Å². The Hall–Kier alpha value is -2.45. The van der Waals surface area contributed by atoms with E-state index in [1.165, 1.54) is 0 Å². The first-order valence-corrected chi connectivity index (χ1v) is 8.16. The molecule has 0 amide bonds. The number of carbonyl (C=O) groups is 1. The monoisotopic (exact) mass is 333 g/mol. The van der Waals surface area contributed by atoms with Gasteiger partial charge in [-0.25, -0.2) is 4.68 Å². The number of anilines is 1. The van der Waals surface area contributed by atoms with Crippen molar-refractivity contribution in [2.24, 2.45) is 12.5 Å². The first-order chi connectivity index (χ1) is 11.5. The van der Waals surface area contributed by atoms with Crippen molar-refractivity contribution in [3.8, 4) is 0 Å². The molecule has 9 heteroatoms. The van der Waals surface area contributed by atoms with E-state index in [4.69, 9.17) is 4.74 Å². The van der Waals surface area contributed by atoms with E-state index in [1.807, 2.05) is 38.3 Å². The molecule has 0 bridgehead atoms. The molecule has 1 saturated carbocycles. The lowest BCUT2D eigenvalue weighted by Crippen LogP contribution is -2.43. The van der Waals surface area contributed by atoms with Crippen LogP contribution in [0.5, 0.6) is 0 Å². The number of esters is 1. The highest BCUT2D eigenvalue weighted by atomic mass is 16.5. The quantitative estimate of drug-likeness (QED) is 0.691. The van der Waals surface area contributed by atoms with Crippen molar-refractivity contribution >= 4 is 11.9 Å².